The lowest BCUT2D eigenvalue weighted by Gasteiger charge is -2.18. The molecule has 0 aliphatic carbocycles. The average molecular weight is 290 g/mol. The van der Waals surface area contributed by atoms with E-state index in [0.29, 0.717) is 11.4 Å². The maximum absolute atomic E-state index is 13.5. The fraction of sp³-hybridized carbons (Fsp3) is 0.133. The molecule has 1 heterocycles. The Bertz CT molecular complexity index is 684. The van der Waals surface area contributed by atoms with Crippen molar-refractivity contribution in [3.8, 4) is 5.75 Å². The first kappa shape index (κ1) is 13.4. The predicted octanol–water partition coefficient (Wildman–Crippen LogP) is 2.91. The summed E-state index contributed by atoms with van der Waals surface area (Å²) in [5.74, 6) is -0.947. The van der Waals surface area contributed by atoms with Gasteiger partial charge in [-0.2, -0.15) is 0 Å². The minimum Gasteiger partial charge on any atom is -0.482 e. The number of fused-ring (bicyclic) bond motifs is 1. The number of anilines is 2. The highest BCUT2D eigenvalue weighted by molar-refractivity contribution is 5.95. The van der Waals surface area contributed by atoms with Gasteiger partial charge in [-0.3, -0.25) is 4.79 Å². The Kier molecular flexibility index (Phi) is 3.43. The van der Waals surface area contributed by atoms with Crippen LogP contribution in [0.3, 0.4) is 0 Å². The maximum atomic E-state index is 13.5. The fourth-order valence-electron chi connectivity index (χ4n) is 2.10. The van der Waals surface area contributed by atoms with Crippen molar-refractivity contribution in [1.29, 1.82) is 0 Å². The Morgan fingerprint density at radius 3 is 2.71 bits per heavy atom. The zero-order valence-corrected chi connectivity index (χ0v) is 11.0. The van der Waals surface area contributed by atoms with Crippen LogP contribution in [0.4, 0.5) is 20.2 Å². The van der Waals surface area contributed by atoms with Crippen LogP contribution in [-0.2, 0) is 11.3 Å². The quantitative estimate of drug-likeness (QED) is 0.914. The zero-order chi connectivity index (χ0) is 14.8. The molecule has 0 saturated carbocycles. The van der Waals surface area contributed by atoms with Crippen molar-refractivity contribution < 1.29 is 18.3 Å². The SMILES string of the molecule is O=C1COc2ccc(CNc3c(F)cccc3F)cc2N1. The summed E-state index contributed by atoms with van der Waals surface area (Å²) in [5.41, 5.74) is 1.15. The molecule has 2 aromatic carbocycles. The summed E-state index contributed by atoms with van der Waals surface area (Å²) in [6.07, 6.45) is 0. The molecule has 2 aromatic rings. The monoisotopic (exact) mass is 290 g/mol. The lowest BCUT2D eigenvalue weighted by molar-refractivity contribution is -0.118. The Morgan fingerprint density at radius 2 is 1.95 bits per heavy atom. The van der Waals surface area contributed by atoms with Crippen LogP contribution in [0, 0.1) is 11.6 Å². The van der Waals surface area contributed by atoms with Gasteiger partial charge in [-0.1, -0.05) is 12.1 Å². The van der Waals surface area contributed by atoms with Gasteiger partial charge in [-0.25, -0.2) is 8.78 Å². The first-order chi connectivity index (χ1) is 10.1. The smallest absolute Gasteiger partial charge is 0.262 e. The van der Waals surface area contributed by atoms with Gasteiger partial charge in [0, 0.05) is 6.54 Å². The molecule has 108 valence electrons. The minimum absolute atomic E-state index is 0.00889. The van der Waals surface area contributed by atoms with Crippen molar-refractivity contribution in [3.05, 3.63) is 53.6 Å². The van der Waals surface area contributed by atoms with E-state index in [1.54, 1.807) is 18.2 Å². The molecule has 0 saturated heterocycles. The molecule has 2 N–H and O–H groups in total. The lowest BCUT2D eigenvalue weighted by Crippen LogP contribution is -2.25. The van der Waals surface area contributed by atoms with Crippen molar-refractivity contribution in [2.45, 2.75) is 6.54 Å². The molecule has 0 aromatic heterocycles. The van der Waals surface area contributed by atoms with Gasteiger partial charge in [0.1, 0.15) is 23.1 Å². The lowest BCUT2D eigenvalue weighted by atomic mass is 10.1. The summed E-state index contributed by atoms with van der Waals surface area (Å²) in [7, 11) is 0. The second-order valence-corrected chi connectivity index (χ2v) is 4.62. The number of carbonyl (C=O) groups is 1. The molecule has 0 atom stereocenters. The number of ether oxygens (including phenoxy) is 1. The van der Waals surface area contributed by atoms with Crippen molar-refractivity contribution in [2.75, 3.05) is 17.2 Å². The number of benzene rings is 2. The first-order valence-electron chi connectivity index (χ1n) is 6.37. The van der Waals surface area contributed by atoms with Crippen LogP contribution < -0.4 is 15.4 Å². The van der Waals surface area contributed by atoms with Crippen LogP contribution in [-0.4, -0.2) is 12.5 Å². The molecule has 0 radical (unpaired) electrons. The van der Waals surface area contributed by atoms with E-state index in [2.05, 4.69) is 10.6 Å². The van der Waals surface area contributed by atoms with E-state index < -0.39 is 11.6 Å². The van der Waals surface area contributed by atoms with Crippen LogP contribution in [0.5, 0.6) is 5.75 Å². The second-order valence-electron chi connectivity index (χ2n) is 4.62. The third-order valence-electron chi connectivity index (χ3n) is 3.11. The van der Waals surface area contributed by atoms with Gasteiger partial charge in [0.05, 0.1) is 5.69 Å². The van der Waals surface area contributed by atoms with Crippen molar-refractivity contribution in [1.82, 2.24) is 0 Å². The standard InChI is InChI=1S/C15H12F2N2O2/c16-10-2-1-3-11(17)15(10)18-7-9-4-5-13-12(6-9)19-14(20)8-21-13/h1-6,18H,7-8H2,(H,19,20). The first-order valence-corrected chi connectivity index (χ1v) is 6.37. The molecular weight excluding hydrogens is 278 g/mol. The second kappa shape index (κ2) is 5.40. The average Bonchev–Trinajstić information content (AvgIpc) is 2.46. The topological polar surface area (TPSA) is 50.4 Å². The summed E-state index contributed by atoms with van der Waals surface area (Å²) in [6, 6.07) is 8.87. The summed E-state index contributed by atoms with van der Waals surface area (Å²) >= 11 is 0. The Balaban J connectivity index is 1.77. The number of hydrogen-bond acceptors (Lipinski definition) is 3. The van der Waals surface area contributed by atoms with Gasteiger partial charge in [0.15, 0.2) is 6.61 Å². The highest BCUT2D eigenvalue weighted by Crippen LogP contribution is 2.29. The molecule has 0 fully saturated rings. The van der Waals surface area contributed by atoms with E-state index in [1.807, 2.05) is 0 Å². The van der Waals surface area contributed by atoms with Gasteiger partial charge in [-0.05, 0) is 29.8 Å². The van der Waals surface area contributed by atoms with Gasteiger partial charge < -0.3 is 15.4 Å². The Labute approximate surface area is 119 Å². The normalized spacial score (nSPS) is 13.1. The van der Waals surface area contributed by atoms with Crippen LogP contribution in [0.2, 0.25) is 0 Å². The summed E-state index contributed by atoms with van der Waals surface area (Å²) in [4.78, 5) is 11.3. The molecule has 4 nitrogen and oxygen atoms in total. The van der Waals surface area contributed by atoms with Gasteiger partial charge in [0.2, 0.25) is 0 Å². The van der Waals surface area contributed by atoms with E-state index in [0.717, 1.165) is 5.56 Å². The highest BCUT2D eigenvalue weighted by Gasteiger charge is 2.16. The van der Waals surface area contributed by atoms with E-state index in [4.69, 9.17) is 4.74 Å². The van der Waals surface area contributed by atoms with E-state index in [9.17, 15) is 13.6 Å². The van der Waals surface area contributed by atoms with Gasteiger partial charge >= 0.3 is 0 Å². The van der Waals surface area contributed by atoms with E-state index >= 15 is 0 Å². The number of nitrogens with one attached hydrogen (secondary N) is 2. The van der Waals surface area contributed by atoms with Crippen LogP contribution in [0.1, 0.15) is 5.56 Å². The highest BCUT2D eigenvalue weighted by atomic mass is 19.1. The van der Waals surface area contributed by atoms with Crippen molar-refractivity contribution >= 4 is 17.3 Å². The van der Waals surface area contributed by atoms with Gasteiger partial charge in [0.25, 0.3) is 5.91 Å². The predicted molar refractivity (Wildman–Crippen MR) is 74.3 cm³/mol. The third kappa shape index (κ3) is 2.79. The molecule has 21 heavy (non-hydrogen) atoms. The number of halogens is 2. The molecule has 0 spiro atoms. The molecule has 6 heteroatoms. The van der Waals surface area contributed by atoms with E-state index in [1.165, 1.54) is 18.2 Å². The molecular formula is C15H12F2N2O2. The van der Waals surface area contributed by atoms with Crippen LogP contribution >= 0.6 is 0 Å². The largest absolute Gasteiger partial charge is 0.482 e. The molecule has 0 unspecified atom stereocenters. The molecule has 1 aliphatic rings. The number of para-hydroxylation sites is 1. The van der Waals surface area contributed by atoms with Crippen molar-refractivity contribution in [2.24, 2.45) is 0 Å². The van der Waals surface area contributed by atoms with Crippen LogP contribution in [0.15, 0.2) is 36.4 Å². The summed E-state index contributed by atoms with van der Waals surface area (Å²) < 4.78 is 32.2. The molecule has 3 rings (SSSR count). The maximum Gasteiger partial charge on any atom is 0.262 e. The molecule has 0 bridgehead atoms. The number of rotatable bonds is 3. The number of hydrogen-bond donors (Lipinski definition) is 2. The number of amides is 1. The Morgan fingerprint density at radius 1 is 1.19 bits per heavy atom. The summed E-state index contributed by atoms with van der Waals surface area (Å²) in [6.45, 7) is 0.214. The van der Waals surface area contributed by atoms with Crippen LogP contribution in [0.25, 0.3) is 0 Å². The van der Waals surface area contributed by atoms with Gasteiger partial charge in [-0.15, -0.1) is 0 Å². The van der Waals surface area contributed by atoms with E-state index in [-0.39, 0.29) is 24.7 Å². The Hall–Kier alpha value is -2.63. The minimum atomic E-state index is -0.649. The molecule has 1 amide bonds. The summed E-state index contributed by atoms with van der Waals surface area (Å²) in [5, 5.41) is 5.39. The molecule has 1 aliphatic heterocycles. The fourth-order valence-corrected chi connectivity index (χ4v) is 2.10. The van der Waals surface area contributed by atoms with Crippen molar-refractivity contribution in [3.63, 3.8) is 0 Å². The number of carbonyl (C=O) groups excluding carboxylic acids is 1. The third-order valence-corrected chi connectivity index (χ3v) is 3.11. The zero-order valence-electron chi connectivity index (χ0n) is 11.0.